The fraction of sp³-hybridized carbons (Fsp3) is 0. The molecule has 0 atom stereocenters. The molecule has 0 N–H and O–H groups in total. The Hall–Kier alpha value is -7.17. The van der Waals surface area contributed by atoms with Gasteiger partial charge in [0, 0.05) is 39.9 Å². The molecule has 0 saturated heterocycles. The summed E-state index contributed by atoms with van der Waals surface area (Å²) >= 11 is 0. The highest BCUT2D eigenvalue weighted by atomic mass is 16.3. The molecular weight excluding hydrogens is 647 g/mol. The molecule has 4 nitrogen and oxygen atoms in total. The zero-order valence-corrected chi connectivity index (χ0v) is 28.6. The molecule has 4 heteroatoms. The number of fused-ring (bicyclic) bond motifs is 4. The summed E-state index contributed by atoms with van der Waals surface area (Å²) in [6.07, 6.45) is 3.65. The lowest BCUT2D eigenvalue weighted by Crippen LogP contribution is -1.97. The number of rotatable bonds is 6. The van der Waals surface area contributed by atoms with Crippen LogP contribution in [-0.2, 0) is 0 Å². The minimum atomic E-state index is 0.677. The summed E-state index contributed by atoms with van der Waals surface area (Å²) < 4.78 is 6.20. The third-order valence-electron chi connectivity index (χ3n) is 9.95. The second kappa shape index (κ2) is 12.9. The van der Waals surface area contributed by atoms with Crippen LogP contribution in [0.15, 0.2) is 193 Å². The molecule has 0 radical (unpaired) electrons. The first kappa shape index (κ1) is 30.6. The molecule has 0 fully saturated rings. The summed E-state index contributed by atoms with van der Waals surface area (Å²) in [6.45, 7) is 0. The summed E-state index contributed by atoms with van der Waals surface area (Å²) in [7, 11) is 0. The third kappa shape index (κ3) is 5.82. The van der Waals surface area contributed by atoms with Gasteiger partial charge in [-0.1, -0.05) is 109 Å². The van der Waals surface area contributed by atoms with E-state index in [9.17, 15) is 0 Å². The van der Waals surface area contributed by atoms with Crippen molar-refractivity contribution in [2.45, 2.75) is 0 Å². The van der Waals surface area contributed by atoms with E-state index in [4.69, 9.17) is 14.4 Å². The molecule has 3 heterocycles. The summed E-state index contributed by atoms with van der Waals surface area (Å²) in [5.74, 6) is 0.677. The van der Waals surface area contributed by atoms with Crippen molar-refractivity contribution >= 4 is 32.7 Å². The van der Waals surface area contributed by atoms with E-state index < -0.39 is 0 Å². The molecular formula is C49H31N3O. The first-order chi connectivity index (χ1) is 26.2. The maximum atomic E-state index is 6.20. The van der Waals surface area contributed by atoms with Gasteiger partial charge in [0.2, 0.25) is 0 Å². The van der Waals surface area contributed by atoms with Gasteiger partial charge in [-0.15, -0.1) is 0 Å². The average molecular weight is 678 g/mol. The monoisotopic (exact) mass is 677 g/mol. The Morgan fingerprint density at radius 1 is 0.321 bits per heavy atom. The molecule has 0 unspecified atom stereocenters. The number of hydrogen-bond acceptors (Lipinski definition) is 4. The van der Waals surface area contributed by atoms with Gasteiger partial charge in [-0.2, -0.15) is 0 Å². The molecule has 0 aliphatic carbocycles. The number of aromatic nitrogens is 3. The molecule has 53 heavy (non-hydrogen) atoms. The molecule has 7 aromatic carbocycles. The van der Waals surface area contributed by atoms with Crippen LogP contribution in [0, 0.1) is 0 Å². The van der Waals surface area contributed by atoms with Crippen LogP contribution >= 0.6 is 0 Å². The molecule has 0 aliphatic rings. The number of furan rings is 1. The zero-order chi connectivity index (χ0) is 35.1. The van der Waals surface area contributed by atoms with E-state index >= 15 is 0 Å². The molecule has 10 aromatic rings. The Balaban J connectivity index is 1.19. The van der Waals surface area contributed by atoms with Crippen LogP contribution in [0.3, 0.4) is 0 Å². The standard InChI is InChI=1S/C49H31N3O/c1-2-10-34(11-3-1)49-51-45(39-14-8-13-36(26-39)33-21-23-50-24-22-33)31-46(52-49)42-28-40(37-18-17-32-9-4-5-12-35(32)25-37)27-41(29-42)38-19-20-48-44(30-38)43-15-6-7-16-47(43)53-48/h1-31H. The normalized spacial score (nSPS) is 11.4. The minimum absolute atomic E-state index is 0.677. The van der Waals surface area contributed by atoms with Crippen LogP contribution in [0.25, 0.3) is 100.0 Å². The van der Waals surface area contributed by atoms with Gasteiger partial charge in [-0.25, -0.2) is 9.97 Å². The van der Waals surface area contributed by atoms with Crippen molar-refractivity contribution in [3.63, 3.8) is 0 Å². The van der Waals surface area contributed by atoms with E-state index in [1.807, 2.05) is 54.9 Å². The molecule has 0 spiro atoms. The zero-order valence-electron chi connectivity index (χ0n) is 28.6. The molecule has 10 rings (SSSR count). The fourth-order valence-electron chi connectivity index (χ4n) is 7.25. The maximum absolute atomic E-state index is 6.20. The molecule has 0 bridgehead atoms. The summed E-state index contributed by atoms with van der Waals surface area (Å²) in [6, 6.07) is 61.6. The van der Waals surface area contributed by atoms with Crippen molar-refractivity contribution in [3.8, 4) is 67.3 Å². The van der Waals surface area contributed by atoms with Crippen molar-refractivity contribution in [3.05, 3.63) is 188 Å². The van der Waals surface area contributed by atoms with Crippen molar-refractivity contribution in [1.29, 1.82) is 0 Å². The van der Waals surface area contributed by atoms with Gasteiger partial charge in [0.05, 0.1) is 11.4 Å². The van der Waals surface area contributed by atoms with Gasteiger partial charge in [0.25, 0.3) is 0 Å². The molecule has 248 valence electrons. The van der Waals surface area contributed by atoms with Gasteiger partial charge >= 0.3 is 0 Å². The Morgan fingerprint density at radius 3 is 1.77 bits per heavy atom. The van der Waals surface area contributed by atoms with Crippen LogP contribution < -0.4 is 0 Å². The van der Waals surface area contributed by atoms with E-state index in [1.54, 1.807) is 0 Å². The maximum Gasteiger partial charge on any atom is 0.160 e. The van der Waals surface area contributed by atoms with E-state index in [0.717, 1.165) is 83.4 Å². The summed E-state index contributed by atoms with van der Waals surface area (Å²) in [5.41, 5.74) is 13.1. The average Bonchev–Trinajstić information content (AvgIpc) is 3.62. The summed E-state index contributed by atoms with van der Waals surface area (Å²) in [4.78, 5) is 14.6. The number of para-hydroxylation sites is 1. The van der Waals surface area contributed by atoms with E-state index in [1.165, 1.54) is 10.8 Å². The van der Waals surface area contributed by atoms with Crippen LogP contribution in [-0.4, -0.2) is 15.0 Å². The largest absolute Gasteiger partial charge is 0.456 e. The Kier molecular flexibility index (Phi) is 7.43. The van der Waals surface area contributed by atoms with Gasteiger partial charge in [-0.3, -0.25) is 4.98 Å². The van der Waals surface area contributed by atoms with Gasteiger partial charge in [-0.05, 0) is 111 Å². The highest BCUT2D eigenvalue weighted by molar-refractivity contribution is 6.06. The lowest BCUT2D eigenvalue weighted by Gasteiger charge is -2.14. The topological polar surface area (TPSA) is 51.8 Å². The lowest BCUT2D eigenvalue weighted by atomic mass is 9.93. The second-order valence-corrected chi connectivity index (χ2v) is 13.3. The van der Waals surface area contributed by atoms with E-state index in [-0.39, 0.29) is 0 Å². The smallest absolute Gasteiger partial charge is 0.160 e. The lowest BCUT2D eigenvalue weighted by molar-refractivity contribution is 0.669. The van der Waals surface area contributed by atoms with Crippen molar-refractivity contribution in [2.75, 3.05) is 0 Å². The van der Waals surface area contributed by atoms with Crippen molar-refractivity contribution < 1.29 is 4.42 Å². The highest BCUT2D eigenvalue weighted by Crippen LogP contribution is 2.38. The van der Waals surface area contributed by atoms with Gasteiger partial charge < -0.3 is 4.42 Å². The van der Waals surface area contributed by atoms with Crippen LogP contribution in [0.5, 0.6) is 0 Å². The highest BCUT2D eigenvalue weighted by Gasteiger charge is 2.16. The predicted molar refractivity (Wildman–Crippen MR) is 217 cm³/mol. The molecule has 3 aromatic heterocycles. The number of nitrogens with zero attached hydrogens (tertiary/aromatic N) is 3. The van der Waals surface area contributed by atoms with E-state index in [2.05, 4.69) is 138 Å². The van der Waals surface area contributed by atoms with Crippen LogP contribution in [0.1, 0.15) is 0 Å². The molecule has 0 amide bonds. The van der Waals surface area contributed by atoms with Crippen molar-refractivity contribution in [1.82, 2.24) is 15.0 Å². The first-order valence-electron chi connectivity index (χ1n) is 17.7. The molecule has 0 aliphatic heterocycles. The molecule has 0 saturated carbocycles. The minimum Gasteiger partial charge on any atom is -0.456 e. The van der Waals surface area contributed by atoms with E-state index in [0.29, 0.717) is 5.82 Å². The Labute approximate surface area is 306 Å². The van der Waals surface area contributed by atoms with Crippen LogP contribution in [0.2, 0.25) is 0 Å². The Bertz CT molecular complexity index is 2950. The summed E-state index contributed by atoms with van der Waals surface area (Å²) in [5, 5.41) is 4.62. The SMILES string of the molecule is c1ccc(-c2nc(-c3cccc(-c4ccncc4)c3)cc(-c3cc(-c4ccc5ccccc5c4)cc(-c4ccc5oc6ccccc6c5c4)c3)n2)cc1. The second-order valence-electron chi connectivity index (χ2n) is 13.3. The van der Waals surface area contributed by atoms with Gasteiger partial charge in [0.1, 0.15) is 11.2 Å². The number of benzene rings is 7. The third-order valence-corrected chi connectivity index (χ3v) is 9.95. The van der Waals surface area contributed by atoms with Gasteiger partial charge in [0.15, 0.2) is 5.82 Å². The number of pyridine rings is 1. The predicted octanol–water partition coefficient (Wildman–Crippen LogP) is 12.9. The first-order valence-corrected chi connectivity index (χ1v) is 17.7. The Morgan fingerprint density at radius 2 is 0.925 bits per heavy atom. The quantitative estimate of drug-likeness (QED) is 0.176. The fourth-order valence-corrected chi connectivity index (χ4v) is 7.25. The van der Waals surface area contributed by atoms with Crippen LogP contribution in [0.4, 0.5) is 0 Å². The van der Waals surface area contributed by atoms with Crippen molar-refractivity contribution in [2.24, 2.45) is 0 Å². The number of hydrogen-bond donors (Lipinski definition) is 0.